The van der Waals surface area contributed by atoms with Gasteiger partial charge in [-0.3, -0.25) is 0 Å². The van der Waals surface area contributed by atoms with E-state index in [2.05, 4.69) is 27.4 Å². The Morgan fingerprint density at radius 3 is 2.38 bits per heavy atom. The van der Waals surface area contributed by atoms with E-state index in [0.717, 1.165) is 16.7 Å². The zero-order valence-electron chi connectivity index (χ0n) is 12.6. The lowest BCUT2D eigenvalue weighted by molar-refractivity contribution is 0.242. The summed E-state index contributed by atoms with van der Waals surface area (Å²) < 4.78 is 5.67. The fraction of sp³-hybridized carbons (Fsp3) is 0.375. The van der Waals surface area contributed by atoms with E-state index in [1.54, 1.807) is 24.2 Å². The number of thioether (sulfide) groups is 1. The van der Waals surface area contributed by atoms with Gasteiger partial charge in [0.15, 0.2) is 5.16 Å². The number of hydrogen-bond donors (Lipinski definition) is 1. The molecule has 0 saturated carbocycles. The van der Waals surface area contributed by atoms with Crippen LogP contribution in [0.1, 0.15) is 25.5 Å². The SMILES string of the molecule is CNC(CSc1ncccn1)c1ccc(OC(C)C)cc1. The van der Waals surface area contributed by atoms with E-state index in [9.17, 15) is 0 Å². The molecular formula is C16H21N3OS. The largest absolute Gasteiger partial charge is 0.491 e. The molecule has 112 valence electrons. The molecule has 5 heteroatoms. The smallest absolute Gasteiger partial charge is 0.187 e. The zero-order valence-corrected chi connectivity index (χ0v) is 13.4. The third kappa shape index (κ3) is 5.02. The van der Waals surface area contributed by atoms with Gasteiger partial charge in [0.1, 0.15) is 5.75 Å². The average Bonchev–Trinajstić information content (AvgIpc) is 2.50. The summed E-state index contributed by atoms with van der Waals surface area (Å²) >= 11 is 1.65. The van der Waals surface area contributed by atoms with Gasteiger partial charge in [0, 0.05) is 24.2 Å². The first kappa shape index (κ1) is 15.8. The van der Waals surface area contributed by atoms with Crippen molar-refractivity contribution < 1.29 is 4.74 Å². The second-order valence-electron chi connectivity index (χ2n) is 4.92. The highest BCUT2D eigenvalue weighted by Gasteiger charge is 2.11. The number of benzene rings is 1. The third-order valence-electron chi connectivity index (χ3n) is 2.92. The average molecular weight is 303 g/mol. The molecule has 0 amide bonds. The molecule has 0 aliphatic heterocycles. The summed E-state index contributed by atoms with van der Waals surface area (Å²) in [7, 11) is 1.97. The van der Waals surface area contributed by atoms with Gasteiger partial charge in [0.25, 0.3) is 0 Å². The van der Waals surface area contributed by atoms with E-state index >= 15 is 0 Å². The van der Waals surface area contributed by atoms with Crippen LogP contribution in [-0.4, -0.2) is 28.9 Å². The second kappa shape index (κ2) is 8.00. The van der Waals surface area contributed by atoms with Crippen LogP contribution in [0.5, 0.6) is 5.75 Å². The number of hydrogen-bond acceptors (Lipinski definition) is 5. The van der Waals surface area contributed by atoms with Crippen LogP contribution in [-0.2, 0) is 0 Å². The van der Waals surface area contributed by atoms with Crippen molar-refractivity contribution in [3.8, 4) is 5.75 Å². The number of nitrogens with zero attached hydrogens (tertiary/aromatic N) is 2. The fourth-order valence-corrected chi connectivity index (χ4v) is 2.86. The first-order valence-corrected chi connectivity index (χ1v) is 8.01. The Labute approximate surface area is 130 Å². The summed E-state index contributed by atoms with van der Waals surface area (Å²) in [5.74, 6) is 1.79. The van der Waals surface area contributed by atoms with Gasteiger partial charge in [-0.05, 0) is 44.7 Å². The predicted molar refractivity (Wildman–Crippen MR) is 86.8 cm³/mol. The highest BCUT2D eigenvalue weighted by atomic mass is 32.2. The molecule has 2 rings (SSSR count). The minimum absolute atomic E-state index is 0.196. The Balaban J connectivity index is 1.97. The minimum Gasteiger partial charge on any atom is -0.491 e. The Morgan fingerprint density at radius 2 is 1.81 bits per heavy atom. The monoisotopic (exact) mass is 303 g/mol. The van der Waals surface area contributed by atoms with Crippen LogP contribution in [0.15, 0.2) is 47.9 Å². The van der Waals surface area contributed by atoms with Crippen LogP contribution in [0, 0.1) is 0 Å². The van der Waals surface area contributed by atoms with Crippen LogP contribution in [0.25, 0.3) is 0 Å². The van der Waals surface area contributed by atoms with Gasteiger partial charge in [0.2, 0.25) is 0 Å². The van der Waals surface area contributed by atoms with Gasteiger partial charge in [-0.1, -0.05) is 23.9 Å². The van der Waals surface area contributed by atoms with E-state index in [-0.39, 0.29) is 12.1 Å². The van der Waals surface area contributed by atoms with Crippen LogP contribution >= 0.6 is 11.8 Å². The number of ether oxygens (including phenoxy) is 1. The Bertz CT molecular complexity index is 531. The first-order valence-electron chi connectivity index (χ1n) is 7.02. The van der Waals surface area contributed by atoms with Crippen LogP contribution < -0.4 is 10.1 Å². The lowest BCUT2D eigenvalue weighted by Crippen LogP contribution is -2.18. The molecule has 0 aliphatic carbocycles. The van der Waals surface area contributed by atoms with Gasteiger partial charge in [-0.2, -0.15) is 0 Å². The lowest BCUT2D eigenvalue weighted by Gasteiger charge is -2.17. The Kier molecular flexibility index (Phi) is 6.02. The minimum atomic E-state index is 0.196. The molecule has 0 saturated heterocycles. The van der Waals surface area contributed by atoms with Crippen molar-refractivity contribution in [2.24, 2.45) is 0 Å². The van der Waals surface area contributed by atoms with Gasteiger partial charge < -0.3 is 10.1 Å². The van der Waals surface area contributed by atoms with E-state index < -0.39 is 0 Å². The van der Waals surface area contributed by atoms with Gasteiger partial charge in [0.05, 0.1) is 6.10 Å². The van der Waals surface area contributed by atoms with Crippen molar-refractivity contribution in [1.82, 2.24) is 15.3 Å². The van der Waals surface area contributed by atoms with E-state index in [1.807, 2.05) is 39.1 Å². The number of nitrogens with one attached hydrogen (secondary N) is 1. The van der Waals surface area contributed by atoms with Gasteiger partial charge in [-0.25, -0.2) is 9.97 Å². The predicted octanol–water partition coefficient (Wildman–Crippen LogP) is 3.32. The third-order valence-corrected chi connectivity index (χ3v) is 3.89. The zero-order chi connectivity index (χ0) is 15.1. The van der Waals surface area contributed by atoms with Crippen molar-refractivity contribution in [2.45, 2.75) is 31.1 Å². The van der Waals surface area contributed by atoms with E-state index in [4.69, 9.17) is 4.74 Å². The number of rotatable bonds is 7. The highest BCUT2D eigenvalue weighted by molar-refractivity contribution is 7.99. The molecular weight excluding hydrogens is 282 g/mol. The summed E-state index contributed by atoms with van der Waals surface area (Å²) in [6.07, 6.45) is 3.73. The fourth-order valence-electron chi connectivity index (χ4n) is 1.91. The molecule has 0 fully saturated rings. The van der Waals surface area contributed by atoms with Crippen molar-refractivity contribution in [1.29, 1.82) is 0 Å². The van der Waals surface area contributed by atoms with E-state index in [0.29, 0.717) is 0 Å². The molecule has 0 spiro atoms. The maximum absolute atomic E-state index is 5.67. The van der Waals surface area contributed by atoms with Crippen molar-refractivity contribution in [3.63, 3.8) is 0 Å². The maximum atomic E-state index is 5.67. The molecule has 1 aromatic heterocycles. The van der Waals surface area contributed by atoms with Gasteiger partial charge >= 0.3 is 0 Å². The molecule has 2 aromatic rings. The summed E-state index contributed by atoms with van der Waals surface area (Å²) in [5.41, 5.74) is 1.23. The van der Waals surface area contributed by atoms with Crippen molar-refractivity contribution in [3.05, 3.63) is 48.3 Å². The molecule has 0 aliphatic rings. The Hall–Kier alpha value is -1.59. The standard InChI is InChI=1S/C16H21N3OS/c1-12(2)20-14-7-5-13(6-8-14)15(17-3)11-21-16-18-9-4-10-19-16/h4-10,12,15,17H,11H2,1-3H3. The summed E-state index contributed by atoms with van der Waals surface area (Å²) in [4.78, 5) is 8.46. The summed E-state index contributed by atoms with van der Waals surface area (Å²) in [5, 5.41) is 4.13. The summed E-state index contributed by atoms with van der Waals surface area (Å²) in [6.45, 7) is 4.06. The Morgan fingerprint density at radius 1 is 1.14 bits per heavy atom. The molecule has 1 atom stereocenters. The van der Waals surface area contributed by atoms with Crippen LogP contribution in [0.3, 0.4) is 0 Å². The first-order chi connectivity index (χ1) is 10.2. The molecule has 1 N–H and O–H groups in total. The molecule has 0 bridgehead atoms. The molecule has 1 aromatic carbocycles. The van der Waals surface area contributed by atoms with Crippen molar-refractivity contribution in [2.75, 3.05) is 12.8 Å². The summed E-state index contributed by atoms with van der Waals surface area (Å²) in [6, 6.07) is 10.3. The quantitative estimate of drug-likeness (QED) is 0.628. The topological polar surface area (TPSA) is 47.0 Å². The lowest BCUT2D eigenvalue weighted by atomic mass is 10.1. The maximum Gasteiger partial charge on any atom is 0.187 e. The molecule has 21 heavy (non-hydrogen) atoms. The van der Waals surface area contributed by atoms with Gasteiger partial charge in [-0.15, -0.1) is 0 Å². The molecule has 4 nitrogen and oxygen atoms in total. The highest BCUT2D eigenvalue weighted by Crippen LogP contribution is 2.23. The number of aromatic nitrogens is 2. The molecule has 1 unspecified atom stereocenters. The van der Waals surface area contributed by atoms with Crippen LogP contribution in [0.2, 0.25) is 0 Å². The normalized spacial score (nSPS) is 12.4. The van der Waals surface area contributed by atoms with E-state index in [1.165, 1.54) is 5.56 Å². The second-order valence-corrected chi connectivity index (χ2v) is 5.91. The molecule has 1 heterocycles. The molecule has 0 radical (unpaired) electrons. The van der Waals surface area contributed by atoms with Crippen LogP contribution in [0.4, 0.5) is 0 Å². The van der Waals surface area contributed by atoms with Crippen molar-refractivity contribution >= 4 is 11.8 Å².